The van der Waals surface area contributed by atoms with Crippen molar-refractivity contribution >= 4 is 5.91 Å². The number of hydrogen-bond donors (Lipinski definition) is 2. The Morgan fingerprint density at radius 1 is 1.50 bits per heavy atom. The number of rotatable bonds is 8. The molecule has 1 amide bonds. The third-order valence-electron chi connectivity index (χ3n) is 2.73. The first kappa shape index (κ1) is 16.4. The van der Waals surface area contributed by atoms with Crippen molar-refractivity contribution in [1.82, 2.24) is 10.3 Å². The predicted octanol–water partition coefficient (Wildman–Crippen LogP) is 0.421. The molecule has 20 heavy (non-hydrogen) atoms. The van der Waals surface area contributed by atoms with Crippen LogP contribution in [0.15, 0.2) is 12.1 Å². The molecular formula is C14H23N3O3. The van der Waals surface area contributed by atoms with Gasteiger partial charge in [-0.3, -0.25) is 9.78 Å². The van der Waals surface area contributed by atoms with E-state index in [1.54, 1.807) is 14.0 Å². The summed E-state index contributed by atoms with van der Waals surface area (Å²) in [5.74, 6) is 0.428. The summed E-state index contributed by atoms with van der Waals surface area (Å²) in [6, 6.07) is 3.68. The molecule has 3 N–H and O–H groups in total. The summed E-state index contributed by atoms with van der Waals surface area (Å²) in [6.45, 7) is 5.04. The van der Waals surface area contributed by atoms with Gasteiger partial charge in [-0.25, -0.2) is 0 Å². The number of nitrogens with two attached hydrogens (primary N) is 1. The minimum atomic E-state index is -0.590. The average molecular weight is 281 g/mol. The van der Waals surface area contributed by atoms with Gasteiger partial charge in [0.05, 0.1) is 12.3 Å². The van der Waals surface area contributed by atoms with Crippen LogP contribution in [0, 0.1) is 6.92 Å². The molecule has 0 aliphatic heterocycles. The topological polar surface area (TPSA) is 86.5 Å². The SMILES string of the molecule is COCCNC(=O)C(C)Oc1ccc(C)nc1CCN. The summed E-state index contributed by atoms with van der Waals surface area (Å²) in [5, 5.41) is 2.73. The van der Waals surface area contributed by atoms with Crippen molar-refractivity contribution < 1.29 is 14.3 Å². The second-order valence-electron chi connectivity index (χ2n) is 4.48. The zero-order chi connectivity index (χ0) is 15.0. The fraction of sp³-hybridized carbons (Fsp3) is 0.571. The molecule has 0 saturated heterocycles. The zero-order valence-electron chi connectivity index (χ0n) is 12.3. The fourth-order valence-corrected chi connectivity index (χ4v) is 1.68. The van der Waals surface area contributed by atoms with Crippen molar-refractivity contribution in [2.24, 2.45) is 5.73 Å². The van der Waals surface area contributed by atoms with Crippen molar-refractivity contribution in [2.75, 3.05) is 26.8 Å². The molecular weight excluding hydrogens is 258 g/mol. The Hall–Kier alpha value is -1.66. The maximum atomic E-state index is 11.8. The van der Waals surface area contributed by atoms with Crippen LogP contribution in [0.3, 0.4) is 0 Å². The molecule has 0 radical (unpaired) electrons. The number of aryl methyl sites for hydroxylation is 1. The lowest BCUT2D eigenvalue weighted by molar-refractivity contribution is -0.127. The molecule has 0 bridgehead atoms. The van der Waals surface area contributed by atoms with Crippen LogP contribution in [-0.4, -0.2) is 43.8 Å². The van der Waals surface area contributed by atoms with E-state index in [2.05, 4.69) is 10.3 Å². The lowest BCUT2D eigenvalue weighted by Crippen LogP contribution is -2.38. The van der Waals surface area contributed by atoms with Crippen LogP contribution in [0.2, 0.25) is 0 Å². The van der Waals surface area contributed by atoms with Gasteiger partial charge in [0.25, 0.3) is 5.91 Å². The highest BCUT2D eigenvalue weighted by Crippen LogP contribution is 2.18. The molecule has 1 rings (SSSR count). The van der Waals surface area contributed by atoms with Gasteiger partial charge in [-0.15, -0.1) is 0 Å². The normalized spacial score (nSPS) is 12.0. The Labute approximate surface area is 119 Å². The van der Waals surface area contributed by atoms with Gasteiger partial charge in [0.15, 0.2) is 6.10 Å². The lowest BCUT2D eigenvalue weighted by atomic mass is 10.2. The Balaban J connectivity index is 2.64. The van der Waals surface area contributed by atoms with E-state index in [1.807, 2.05) is 19.1 Å². The van der Waals surface area contributed by atoms with Crippen molar-refractivity contribution in [1.29, 1.82) is 0 Å². The van der Waals surface area contributed by atoms with E-state index >= 15 is 0 Å². The van der Waals surface area contributed by atoms with E-state index in [4.69, 9.17) is 15.2 Å². The number of ether oxygens (including phenoxy) is 2. The standard InChI is InChI=1S/C14H23N3O3/c1-10-4-5-13(12(17-10)6-7-15)20-11(2)14(18)16-8-9-19-3/h4-5,11H,6-9,15H2,1-3H3,(H,16,18). The minimum absolute atomic E-state index is 0.179. The monoisotopic (exact) mass is 281 g/mol. The molecule has 112 valence electrons. The fourth-order valence-electron chi connectivity index (χ4n) is 1.68. The van der Waals surface area contributed by atoms with Crippen molar-refractivity contribution in [3.63, 3.8) is 0 Å². The van der Waals surface area contributed by atoms with Crippen LogP contribution in [0.4, 0.5) is 0 Å². The summed E-state index contributed by atoms with van der Waals surface area (Å²) in [4.78, 5) is 16.2. The van der Waals surface area contributed by atoms with E-state index in [1.165, 1.54) is 0 Å². The van der Waals surface area contributed by atoms with Gasteiger partial charge in [-0.05, 0) is 32.5 Å². The molecule has 0 spiro atoms. The van der Waals surface area contributed by atoms with Gasteiger partial charge >= 0.3 is 0 Å². The predicted molar refractivity (Wildman–Crippen MR) is 76.7 cm³/mol. The Morgan fingerprint density at radius 3 is 2.90 bits per heavy atom. The summed E-state index contributed by atoms with van der Waals surface area (Å²) in [7, 11) is 1.59. The summed E-state index contributed by atoms with van der Waals surface area (Å²) < 4.78 is 10.5. The number of methoxy groups -OCH3 is 1. The summed E-state index contributed by atoms with van der Waals surface area (Å²) >= 11 is 0. The van der Waals surface area contributed by atoms with Crippen LogP contribution in [0.1, 0.15) is 18.3 Å². The van der Waals surface area contributed by atoms with Crippen LogP contribution < -0.4 is 15.8 Å². The zero-order valence-corrected chi connectivity index (χ0v) is 12.3. The lowest BCUT2D eigenvalue weighted by Gasteiger charge is -2.17. The third-order valence-corrected chi connectivity index (χ3v) is 2.73. The molecule has 1 unspecified atom stereocenters. The molecule has 1 atom stereocenters. The Morgan fingerprint density at radius 2 is 2.25 bits per heavy atom. The number of hydrogen-bond acceptors (Lipinski definition) is 5. The van der Waals surface area contributed by atoms with Crippen LogP contribution >= 0.6 is 0 Å². The second kappa shape index (κ2) is 8.50. The van der Waals surface area contributed by atoms with Gasteiger partial charge in [-0.1, -0.05) is 0 Å². The maximum Gasteiger partial charge on any atom is 0.260 e. The van der Waals surface area contributed by atoms with Crippen LogP contribution in [0.25, 0.3) is 0 Å². The first-order valence-electron chi connectivity index (χ1n) is 6.68. The van der Waals surface area contributed by atoms with E-state index in [-0.39, 0.29) is 5.91 Å². The third kappa shape index (κ3) is 5.14. The van der Waals surface area contributed by atoms with Crippen molar-refractivity contribution in [3.05, 3.63) is 23.5 Å². The average Bonchev–Trinajstić information content (AvgIpc) is 2.42. The van der Waals surface area contributed by atoms with E-state index in [0.717, 1.165) is 11.4 Å². The van der Waals surface area contributed by atoms with Gasteiger partial charge in [0.2, 0.25) is 0 Å². The van der Waals surface area contributed by atoms with E-state index < -0.39 is 6.10 Å². The molecule has 6 nitrogen and oxygen atoms in total. The number of carbonyl (C=O) groups excluding carboxylic acids is 1. The van der Waals surface area contributed by atoms with Crippen molar-refractivity contribution in [2.45, 2.75) is 26.4 Å². The molecule has 6 heteroatoms. The summed E-state index contributed by atoms with van der Waals surface area (Å²) in [5.41, 5.74) is 7.24. The smallest absolute Gasteiger partial charge is 0.260 e. The van der Waals surface area contributed by atoms with Crippen LogP contribution in [0.5, 0.6) is 5.75 Å². The number of aromatic nitrogens is 1. The number of pyridine rings is 1. The van der Waals surface area contributed by atoms with Crippen LogP contribution in [-0.2, 0) is 16.0 Å². The Kier molecular flexibility index (Phi) is 6.97. The molecule has 0 fully saturated rings. The summed E-state index contributed by atoms with van der Waals surface area (Å²) in [6.07, 6.45) is 0.0301. The molecule has 1 aromatic heterocycles. The van der Waals surface area contributed by atoms with Crippen molar-refractivity contribution in [3.8, 4) is 5.75 Å². The number of nitrogens with zero attached hydrogens (tertiary/aromatic N) is 1. The maximum absolute atomic E-state index is 11.8. The second-order valence-corrected chi connectivity index (χ2v) is 4.48. The molecule has 0 aromatic carbocycles. The Bertz CT molecular complexity index is 438. The first-order chi connectivity index (χ1) is 9.58. The highest BCUT2D eigenvalue weighted by atomic mass is 16.5. The van der Waals surface area contributed by atoms with E-state index in [0.29, 0.717) is 31.9 Å². The van der Waals surface area contributed by atoms with E-state index in [9.17, 15) is 4.79 Å². The van der Waals surface area contributed by atoms with Gasteiger partial charge in [0.1, 0.15) is 5.75 Å². The van der Waals surface area contributed by atoms with Gasteiger partial charge in [-0.2, -0.15) is 0 Å². The molecule has 0 aliphatic rings. The molecule has 0 saturated carbocycles. The highest BCUT2D eigenvalue weighted by molar-refractivity contribution is 5.80. The van der Waals surface area contributed by atoms with Gasteiger partial charge in [0, 0.05) is 25.8 Å². The number of amides is 1. The first-order valence-corrected chi connectivity index (χ1v) is 6.68. The quantitative estimate of drug-likeness (QED) is 0.674. The molecule has 1 heterocycles. The number of carbonyl (C=O) groups is 1. The molecule has 0 aliphatic carbocycles. The minimum Gasteiger partial charge on any atom is -0.479 e. The largest absolute Gasteiger partial charge is 0.479 e. The highest BCUT2D eigenvalue weighted by Gasteiger charge is 2.16. The molecule has 1 aromatic rings. The number of nitrogens with one attached hydrogen (secondary N) is 1. The van der Waals surface area contributed by atoms with Gasteiger partial charge < -0.3 is 20.5 Å².